The quantitative estimate of drug-likeness (QED) is 0.816. The van der Waals surface area contributed by atoms with Gasteiger partial charge in [0.2, 0.25) is 0 Å². The highest BCUT2D eigenvalue weighted by Crippen LogP contribution is 2.29. The summed E-state index contributed by atoms with van der Waals surface area (Å²) in [6.45, 7) is 3.84. The highest BCUT2D eigenvalue weighted by Gasteiger charge is 2.30. The second-order valence-corrected chi connectivity index (χ2v) is 6.96. The van der Waals surface area contributed by atoms with Crippen LogP contribution in [0.25, 0.3) is 0 Å². The molecule has 140 valence electrons. The minimum atomic E-state index is -0.0456. The number of aromatic nitrogens is 4. The van der Waals surface area contributed by atoms with E-state index in [1.807, 2.05) is 35.1 Å². The molecule has 2 saturated heterocycles. The number of carbonyl (C=O) groups is 1. The van der Waals surface area contributed by atoms with Crippen molar-refractivity contribution in [2.45, 2.75) is 31.4 Å². The number of rotatable bonds is 4. The molecule has 2 aliphatic heterocycles. The van der Waals surface area contributed by atoms with Crippen LogP contribution in [0, 0.1) is 0 Å². The Bertz CT molecular complexity index is 736. The zero-order chi connectivity index (χ0) is 17.9. The molecule has 0 aromatic carbocycles. The molecule has 2 aromatic rings. The lowest BCUT2D eigenvalue weighted by Gasteiger charge is -2.33. The number of hydrogen-bond acceptors (Lipinski definition) is 5. The van der Waals surface area contributed by atoms with Crippen molar-refractivity contribution < 1.29 is 14.3 Å². The molecular formula is C18H25N5O3. The molecule has 2 aromatic heterocycles. The molecule has 2 aliphatic rings. The van der Waals surface area contributed by atoms with Gasteiger partial charge in [-0.2, -0.15) is 10.2 Å². The Kier molecular flexibility index (Phi) is 5.03. The van der Waals surface area contributed by atoms with Crippen molar-refractivity contribution in [1.29, 1.82) is 0 Å². The molecule has 0 aliphatic carbocycles. The van der Waals surface area contributed by atoms with Crippen molar-refractivity contribution in [3.63, 3.8) is 0 Å². The molecule has 8 nitrogen and oxygen atoms in total. The predicted molar refractivity (Wildman–Crippen MR) is 93.9 cm³/mol. The normalized spacial score (nSPS) is 21.9. The largest absolute Gasteiger partial charge is 0.381 e. The van der Waals surface area contributed by atoms with Gasteiger partial charge in [0.05, 0.1) is 30.5 Å². The Hall–Kier alpha value is -2.19. The summed E-state index contributed by atoms with van der Waals surface area (Å²) in [6.07, 6.45) is 7.31. The summed E-state index contributed by atoms with van der Waals surface area (Å²) >= 11 is 0. The second-order valence-electron chi connectivity index (χ2n) is 6.96. The fourth-order valence-electron chi connectivity index (χ4n) is 3.74. The molecule has 0 N–H and O–H groups in total. The highest BCUT2D eigenvalue weighted by molar-refractivity contribution is 5.95. The first-order valence-corrected chi connectivity index (χ1v) is 9.20. The summed E-state index contributed by atoms with van der Waals surface area (Å²) < 4.78 is 14.9. The Balaban J connectivity index is 1.48. The Morgan fingerprint density at radius 1 is 1.31 bits per heavy atom. The maximum atomic E-state index is 13.2. The smallest absolute Gasteiger partial charge is 0.257 e. The minimum Gasteiger partial charge on any atom is -0.381 e. The zero-order valence-electron chi connectivity index (χ0n) is 15.1. The van der Waals surface area contributed by atoms with Crippen LogP contribution >= 0.6 is 0 Å². The van der Waals surface area contributed by atoms with Gasteiger partial charge in [0.1, 0.15) is 0 Å². The van der Waals surface area contributed by atoms with Crippen molar-refractivity contribution in [2.75, 3.05) is 32.9 Å². The van der Waals surface area contributed by atoms with Crippen molar-refractivity contribution in [3.05, 3.63) is 35.9 Å². The van der Waals surface area contributed by atoms with Crippen molar-refractivity contribution in [2.24, 2.45) is 7.05 Å². The first kappa shape index (κ1) is 17.2. The highest BCUT2D eigenvalue weighted by atomic mass is 16.5. The lowest BCUT2D eigenvalue weighted by molar-refractivity contribution is -0.0300. The van der Waals surface area contributed by atoms with Crippen molar-refractivity contribution >= 4 is 5.91 Å². The van der Waals surface area contributed by atoms with E-state index in [9.17, 15) is 4.79 Å². The third-order valence-electron chi connectivity index (χ3n) is 5.07. The van der Waals surface area contributed by atoms with Crippen LogP contribution in [0.1, 0.15) is 34.8 Å². The third-order valence-corrected chi connectivity index (χ3v) is 5.07. The first-order chi connectivity index (χ1) is 12.7. The molecule has 2 fully saturated rings. The third kappa shape index (κ3) is 3.66. The predicted octanol–water partition coefficient (Wildman–Crippen LogP) is 1.05. The number of morpholine rings is 1. The Morgan fingerprint density at radius 2 is 2.15 bits per heavy atom. The average Bonchev–Trinajstić information content (AvgIpc) is 3.31. The number of ether oxygens (including phenoxy) is 2. The number of nitrogens with zero attached hydrogens (tertiary/aromatic N) is 5. The van der Waals surface area contributed by atoms with Crippen LogP contribution in [0.15, 0.2) is 24.7 Å². The summed E-state index contributed by atoms with van der Waals surface area (Å²) in [5.74, 6) is 0.346. The van der Waals surface area contributed by atoms with Crippen LogP contribution in [-0.2, 0) is 23.1 Å². The number of amides is 1. The molecular weight excluding hydrogens is 334 g/mol. The minimum absolute atomic E-state index is 0.0456. The number of aryl methyl sites for hydroxylation is 1. The summed E-state index contributed by atoms with van der Waals surface area (Å²) in [6, 6.07) is 1.89. The van der Waals surface area contributed by atoms with Crippen LogP contribution in [0.2, 0.25) is 0 Å². The molecule has 26 heavy (non-hydrogen) atoms. The van der Waals surface area contributed by atoms with Gasteiger partial charge in [-0.1, -0.05) is 0 Å². The van der Waals surface area contributed by atoms with Crippen LogP contribution < -0.4 is 0 Å². The van der Waals surface area contributed by atoms with Crippen LogP contribution in [0.4, 0.5) is 0 Å². The molecule has 1 amide bonds. The molecule has 0 bridgehead atoms. The summed E-state index contributed by atoms with van der Waals surface area (Å²) in [5, 5.41) is 8.82. The number of carbonyl (C=O) groups excluding carboxylic acids is 1. The first-order valence-electron chi connectivity index (χ1n) is 9.20. The topological polar surface area (TPSA) is 74.4 Å². The van der Waals surface area contributed by atoms with Gasteiger partial charge in [-0.05, 0) is 18.9 Å². The Labute approximate surface area is 152 Å². The van der Waals surface area contributed by atoms with Crippen molar-refractivity contribution in [3.8, 4) is 0 Å². The van der Waals surface area contributed by atoms with Gasteiger partial charge in [-0.3, -0.25) is 14.2 Å². The SMILES string of the molecule is Cn1cc(C(=O)N2CCOC(Cn3cccn3)C2)c(C2CCOCC2)n1. The molecule has 8 heteroatoms. The van der Waals surface area contributed by atoms with E-state index in [1.54, 1.807) is 10.9 Å². The van der Waals surface area contributed by atoms with E-state index in [2.05, 4.69) is 10.2 Å². The lowest BCUT2D eigenvalue weighted by Crippen LogP contribution is -2.47. The second kappa shape index (κ2) is 7.59. The van der Waals surface area contributed by atoms with E-state index in [0.29, 0.717) is 32.2 Å². The lowest BCUT2D eigenvalue weighted by atomic mass is 9.93. The standard InChI is InChI=1S/C18H25N5O3/c1-21-13-16(17(20-21)14-3-8-25-9-4-14)18(24)22-7-10-26-15(11-22)12-23-6-2-5-19-23/h2,5-6,13-15H,3-4,7-12H2,1H3. The molecule has 0 radical (unpaired) electrons. The summed E-state index contributed by atoms with van der Waals surface area (Å²) in [5.41, 5.74) is 1.63. The average molecular weight is 359 g/mol. The molecule has 4 heterocycles. The van der Waals surface area contributed by atoms with E-state index in [0.717, 1.165) is 37.3 Å². The number of hydrogen-bond donors (Lipinski definition) is 0. The van der Waals surface area contributed by atoms with Gasteiger partial charge in [0.15, 0.2) is 0 Å². The summed E-state index contributed by atoms with van der Waals surface area (Å²) in [4.78, 5) is 15.1. The van der Waals surface area contributed by atoms with Crippen molar-refractivity contribution in [1.82, 2.24) is 24.5 Å². The van der Waals surface area contributed by atoms with Crippen LogP contribution in [0.3, 0.4) is 0 Å². The van der Waals surface area contributed by atoms with Gasteiger partial charge in [0, 0.05) is 57.9 Å². The van der Waals surface area contributed by atoms with Crippen LogP contribution in [0.5, 0.6) is 0 Å². The van der Waals surface area contributed by atoms with Crippen LogP contribution in [-0.4, -0.2) is 69.4 Å². The Morgan fingerprint density at radius 3 is 2.92 bits per heavy atom. The van der Waals surface area contributed by atoms with E-state index in [1.165, 1.54) is 0 Å². The van der Waals surface area contributed by atoms with Gasteiger partial charge in [0.25, 0.3) is 5.91 Å². The molecule has 0 saturated carbocycles. The summed E-state index contributed by atoms with van der Waals surface area (Å²) in [7, 11) is 1.87. The zero-order valence-corrected chi connectivity index (χ0v) is 15.1. The van der Waals surface area contributed by atoms with E-state index in [-0.39, 0.29) is 12.0 Å². The fourth-order valence-corrected chi connectivity index (χ4v) is 3.74. The fraction of sp³-hybridized carbons (Fsp3) is 0.611. The van der Waals surface area contributed by atoms with E-state index < -0.39 is 0 Å². The molecule has 1 atom stereocenters. The molecule has 4 rings (SSSR count). The molecule has 0 spiro atoms. The maximum absolute atomic E-state index is 13.2. The van der Waals surface area contributed by atoms with Gasteiger partial charge >= 0.3 is 0 Å². The molecule has 1 unspecified atom stereocenters. The van der Waals surface area contributed by atoms with Gasteiger partial charge < -0.3 is 14.4 Å². The maximum Gasteiger partial charge on any atom is 0.257 e. The monoisotopic (exact) mass is 359 g/mol. The van der Waals surface area contributed by atoms with Gasteiger partial charge in [-0.25, -0.2) is 0 Å². The van der Waals surface area contributed by atoms with E-state index in [4.69, 9.17) is 9.47 Å². The van der Waals surface area contributed by atoms with E-state index >= 15 is 0 Å². The van der Waals surface area contributed by atoms with Gasteiger partial charge in [-0.15, -0.1) is 0 Å².